The molecule has 1 radical (unpaired) electrons. The van der Waals surface area contributed by atoms with Crippen LogP contribution in [0.25, 0.3) is 0 Å². The van der Waals surface area contributed by atoms with Crippen molar-refractivity contribution < 1.29 is 9.50 Å². The van der Waals surface area contributed by atoms with E-state index in [2.05, 4.69) is 6.92 Å². The smallest absolute Gasteiger partial charge is 0.142 e. The van der Waals surface area contributed by atoms with Crippen molar-refractivity contribution in [3.63, 3.8) is 0 Å². The number of hydrogen-bond acceptors (Lipinski definition) is 1. The van der Waals surface area contributed by atoms with Crippen LogP contribution in [-0.4, -0.2) is 11.7 Å². The minimum Gasteiger partial charge on any atom is -0.396 e. The van der Waals surface area contributed by atoms with E-state index in [0.29, 0.717) is 5.56 Å². The maximum absolute atomic E-state index is 12.8. The van der Waals surface area contributed by atoms with E-state index in [1.807, 2.05) is 0 Å². The quantitative estimate of drug-likeness (QED) is 0.754. The Balaban J connectivity index is 3.07. The Labute approximate surface area is 75.8 Å². The summed E-state index contributed by atoms with van der Waals surface area (Å²) in [5.41, 5.74) is 0.541. The van der Waals surface area contributed by atoms with Crippen LogP contribution in [0.2, 0.25) is 5.02 Å². The Bertz CT molecular complexity index is 275. The van der Waals surface area contributed by atoms with Crippen LogP contribution in [0.5, 0.6) is 0 Å². The molecule has 1 unspecified atom stereocenters. The average molecular weight is 188 g/mol. The van der Waals surface area contributed by atoms with Crippen molar-refractivity contribution in [1.82, 2.24) is 0 Å². The first-order valence-corrected chi connectivity index (χ1v) is 3.92. The van der Waals surface area contributed by atoms with E-state index < -0.39 is 5.82 Å². The molecular weight excluding hydrogens is 179 g/mol. The zero-order chi connectivity index (χ0) is 9.14. The third-order valence-corrected chi connectivity index (χ3v) is 2.04. The first kappa shape index (κ1) is 9.49. The molecule has 1 aromatic rings. The molecule has 0 fully saturated rings. The molecule has 0 aliphatic carbocycles. The van der Waals surface area contributed by atoms with Crippen LogP contribution >= 0.6 is 11.6 Å². The van der Waals surface area contributed by atoms with Gasteiger partial charge in [0, 0.05) is 12.5 Å². The van der Waals surface area contributed by atoms with Gasteiger partial charge in [-0.15, -0.1) is 0 Å². The summed E-state index contributed by atoms with van der Waals surface area (Å²) < 4.78 is 12.8. The molecule has 0 aliphatic rings. The molecule has 0 saturated carbocycles. The highest BCUT2D eigenvalue weighted by molar-refractivity contribution is 6.31. The number of hydrogen-bond donors (Lipinski definition) is 1. The zero-order valence-corrected chi connectivity index (χ0v) is 7.18. The van der Waals surface area contributed by atoms with Gasteiger partial charge in [-0.3, -0.25) is 0 Å². The van der Waals surface area contributed by atoms with Gasteiger partial charge in [0.25, 0.3) is 0 Å². The van der Waals surface area contributed by atoms with E-state index >= 15 is 0 Å². The minimum atomic E-state index is -0.476. The number of aliphatic hydroxyl groups excluding tert-OH is 1. The van der Waals surface area contributed by atoms with Crippen LogP contribution in [0, 0.1) is 12.7 Å². The molecule has 0 heterocycles. The molecule has 65 valence electrons. The molecule has 3 heteroatoms. The van der Waals surface area contributed by atoms with E-state index in [9.17, 15) is 4.39 Å². The molecule has 1 aromatic carbocycles. The highest BCUT2D eigenvalue weighted by Gasteiger charge is 2.11. The van der Waals surface area contributed by atoms with Gasteiger partial charge in [0.1, 0.15) is 5.82 Å². The minimum absolute atomic E-state index is 0.0477. The molecule has 1 nitrogen and oxygen atoms in total. The van der Waals surface area contributed by atoms with Crippen molar-refractivity contribution in [1.29, 1.82) is 0 Å². The van der Waals surface area contributed by atoms with Crippen molar-refractivity contribution in [2.75, 3.05) is 6.61 Å². The number of rotatable bonds is 2. The van der Waals surface area contributed by atoms with E-state index in [0.717, 1.165) is 0 Å². The second kappa shape index (κ2) is 3.87. The molecule has 0 aliphatic heterocycles. The van der Waals surface area contributed by atoms with Gasteiger partial charge < -0.3 is 5.11 Å². The van der Waals surface area contributed by atoms with Crippen LogP contribution in [0.4, 0.5) is 4.39 Å². The monoisotopic (exact) mass is 187 g/mol. The lowest BCUT2D eigenvalue weighted by Crippen LogP contribution is -2.00. The molecular formula is C9H9ClFO. The normalized spacial score (nSPS) is 13.0. The Morgan fingerprint density at radius 3 is 2.83 bits per heavy atom. The standard InChI is InChI=1S/C9H9ClFO/c1-6(5-12)7-3-2-4-8(11)9(7)10/h2-4,6,12H,1,5H2. The van der Waals surface area contributed by atoms with E-state index in [1.54, 1.807) is 12.1 Å². The first-order chi connectivity index (χ1) is 5.66. The predicted octanol–water partition coefficient (Wildman–Crippen LogP) is 2.39. The number of benzene rings is 1. The van der Waals surface area contributed by atoms with Gasteiger partial charge >= 0.3 is 0 Å². The topological polar surface area (TPSA) is 20.2 Å². The van der Waals surface area contributed by atoms with Crippen molar-refractivity contribution >= 4 is 11.6 Å². The molecule has 1 N–H and O–H groups in total. The lowest BCUT2D eigenvalue weighted by atomic mass is 10.0. The fourth-order valence-corrected chi connectivity index (χ4v) is 1.21. The van der Waals surface area contributed by atoms with Crippen LogP contribution in [0.1, 0.15) is 11.5 Å². The number of aliphatic hydroxyl groups is 1. The summed E-state index contributed by atoms with van der Waals surface area (Å²) in [4.78, 5) is 0. The first-order valence-electron chi connectivity index (χ1n) is 3.54. The second-order valence-electron chi connectivity index (χ2n) is 2.52. The van der Waals surface area contributed by atoms with Gasteiger partial charge in [0.05, 0.1) is 5.02 Å². The summed E-state index contributed by atoms with van der Waals surface area (Å²) in [5.74, 6) is -0.843. The van der Waals surface area contributed by atoms with Crippen LogP contribution < -0.4 is 0 Å². The third-order valence-electron chi connectivity index (χ3n) is 1.64. The highest BCUT2D eigenvalue weighted by atomic mass is 35.5. The van der Waals surface area contributed by atoms with Gasteiger partial charge in [-0.2, -0.15) is 0 Å². The van der Waals surface area contributed by atoms with Gasteiger partial charge in [0.15, 0.2) is 0 Å². The van der Waals surface area contributed by atoms with E-state index in [-0.39, 0.29) is 17.5 Å². The van der Waals surface area contributed by atoms with Gasteiger partial charge in [-0.25, -0.2) is 4.39 Å². The second-order valence-corrected chi connectivity index (χ2v) is 2.90. The maximum Gasteiger partial charge on any atom is 0.142 e. The highest BCUT2D eigenvalue weighted by Crippen LogP contribution is 2.25. The lowest BCUT2D eigenvalue weighted by molar-refractivity contribution is 0.282. The molecule has 0 aromatic heterocycles. The van der Waals surface area contributed by atoms with Crippen molar-refractivity contribution in [3.05, 3.63) is 41.5 Å². The summed E-state index contributed by atoms with van der Waals surface area (Å²) in [6.45, 7) is 3.49. The molecule has 12 heavy (non-hydrogen) atoms. The Kier molecular flexibility index (Phi) is 3.06. The third kappa shape index (κ3) is 1.76. The van der Waals surface area contributed by atoms with E-state index in [1.165, 1.54) is 6.07 Å². The fraction of sp³-hybridized carbons (Fsp3) is 0.222. The van der Waals surface area contributed by atoms with Crippen molar-refractivity contribution in [2.24, 2.45) is 0 Å². The summed E-state index contributed by atoms with van der Waals surface area (Å²) >= 11 is 5.64. The van der Waals surface area contributed by atoms with Crippen LogP contribution in [0.3, 0.4) is 0 Å². The Morgan fingerprint density at radius 2 is 2.25 bits per heavy atom. The van der Waals surface area contributed by atoms with Gasteiger partial charge in [0.2, 0.25) is 0 Å². The Hall–Kier alpha value is -0.600. The van der Waals surface area contributed by atoms with Crippen molar-refractivity contribution in [3.8, 4) is 0 Å². The summed E-state index contributed by atoms with van der Waals surface area (Å²) in [5, 5.41) is 8.81. The number of halogens is 2. The Morgan fingerprint density at radius 1 is 1.58 bits per heavy atom. The average Bonchev–Trinajstić information content (AvgIpc) is 2.08. The largest absolute Gasteiger partial charge is 0.396 e. The van der Waals surface area contributed by atoms with Gasteiger partial charge in [-0.05, 0) is 18.6 Å². The molecule has 0 saturated heterocycles. The molecule has 1 rings (SSSR count). The summed E-state index contributed by atoms with van der Waals surface area (Å²) in [7, 11) is 0. The van der Waals surface area contributed by atoms with E-state index in [4.69, 9.17) is 16.7 Å². The SMILES string of the molecule is [CH2]C(CO)c1cccc(F)c1Cl. The van der Waals surface area contributed by atoms with Crippen LogP contribution in [0.15, 0.2) is 18.2 Å². The predicted molar refractivity (Wildman–Crippen MR) is 46.6 cm³/mol. The molecule has 0 bridgehead atoms. The van der Waals surface area contributed by atoms with Crippen LogP contribution in [-0.2, 0) is 0 Å². The molecule has 1 atom stereocenters. The lowest BCUT2D eigenvalue weighted by Gasteiger charge is -2.09. The summed E-state index contributed by atoms with van der Waals surface area (Å²) in [6, 6.07) is 4.47. The zero-order valence-electron chi connectivity index (χ0n) is 6.43. The summed E-state index contributed by atoms with van der Waals surface area (Å²) in [6.07, 6.45) is 0. The maximum atomic E-state index is 12.8. The molecule has 0 spiro atoms. The molecule has 0 amide bonds. The van der Waals surface area contributed by atoms with Gasteiger partial charge in [-0.1, -0.05) is 23.7 Å². The fourth-order valence-electron chi connectivity index (χ4n) is 0.934. The van der Waals surface area contributed by atoms with Crippen molar-refractivity contribution in [2.45, 2.75) is 5.92 Å².